The summed E-state index contributed by atoms with van der Waals surface area (Å²) < 4.78 is 5.37. The summed E-state index contributed by atoms with van der Waals surface area (Å²) in [5.41, 5.74) is 3.51. The third kappa shape index (κ3) is 3.69. The molecule has 3 heteroatoms. The summed E-state index contributed by atoms with van der Waals surface area (Å²) in [5, 5.41) is 7.32. The molecule has 1 fully saturated rings. The molecule has 0 amide bonds. The molecule has 3 aromatic rings. The van der Waals surface area contributed by atoms with Gasteiger partial charge in [0.2, 0.25) is 0 Å². The highest BCUT2D eigenvalue weighted by molar-refractivity contribution is 5.97. The first kappa shape index (κ1) is 18.4. The maximum absolute atomic E-state index is 5.72. The Morgan fingerprint density at radius 1 is 0.964 bits per heavy atom. The number of ether oxygens (including phenoxy) is 1. The lowest BCUT2D eigenvalue weighted by molar-refractivity contribution is 0.215. The smallest absolute Gasteiger partial charge is 0.119 e. The largest absolute Gasteiger partial charge is 0.497 e. The maximum atomic E-state index is 5.72. The number of anilines is 1. The fraction of sp³-hybridized carbons (Fsp3) is 0.280. The lowest BCUT2D eigenvalue weighted by Crippen LogP contribution is -2.48. The molecule has 0 radical (unpaired) electrons. The lowest BCUT2D eigenvalue weighted by Gasteiger charge is -2.41. The highest BCUT2D eigenvalue weighted by Crippen LogP contribution is 2.32. The zero-order valence-corrected chi connectivity index (χ0v) is 16.4. The molecule has 1 aliphatic heterocycles. The summed E-state index contributed by atoms with van der Waals surface area (Å²) in [6.45, 7) is 3.10. The summed E-state index contributed by atoms with van der Waals surface area (Å²) >= 11 is 0. The molecule has 0 bridgehead atoms. The average Bonchev–Trinajstić information content (AvgIpc) is 2.77. The molecule has 0 aromatic heterocycles. The molecule has 3 nitrogen and oxygen atoms in total. The van der Waals surface area contributed by atoms with Crippen molar-refractivity contribution in [1.82, 2.24) is 5.01 Å². The molecule has 28 heavy (non-hydrogen) atoms. The standard InChI is InChI=1S/C25H26N2O/c1-3-21-13-14-25(24-12-5-4-11-23(21)24)27-17-7-6-16-26(27)18-15-20-9-8-10-22(19-20)28-2/h1,4-5,8-14,19H,6-7,15-18H2,2H3. The van der Waals surface area contributed by atoms with Gasteiger partial charge in [0.15, 0.2) is 0 Å². The maximum Gasteiger partial charge on any atom is 0.119 e. The molecular formula is C25H26N2O. The number of hydrazine groups is 1. The van der Waals surface area contributed by atoms with E-state index >= 15 is 0 Å². The predicted molar refractivity (Wildman–Crippen MR) is 117 cm³/mol. The molecule has 3 aromatic carbocycles. The van der Waals surface area contributed by atoms with Crippen molar-refractivity contribution in [1.29, 1.82) is 0 Å². The molecule has 0 atom stereocenters. The van der Waals surface area contributed by atoms with Crippen LogP contribution in [0.4, 0.5) is 5.69 Å². The van der Waals surface area contributed by atoms with E-state index in [0.29, 0.717) is 0 Å². The third-order valence-electron chi connectivity index (χ3n) is 5.50. The van der Waals surface area contributed by atoms with E-state index in [1.807, 2.05) is 6.07 Å². The Labute approximate surface area is 167 Å². The molecule has 0 spiro atoms. The normalized spacial score (nSPS) is 14.8. The fourth-order valence-electron chi connectivity index (χ4n) is 4.04. The van der Waals surface area contributed by atoms with Crippen LogP contribution in [0.25, 0.3) is 10.8 Å². The second kappa shape index (κ2) is 8.37. The second-order valence-corrected chi connectivity index (χ2v) is 7.21. The van der Waals surface area contributed by atoms with Gasteiger partial charge in [0.1, 0.15) is 5.75 Å². The Morgan fingerprint density at radius 3 is 2.61 bits per heavy atom. The number of benzene rings is 3. The number of nitrogens with zero attached hydrogens (tertiary/aromatic N) is 2. The van der Waals surface area contributed by atoms with Crippen molar-refractivity contribution < 1.29 is 4.74 Å². The molecule has 0 saturated carbocycles. The predicted octanol–water partition coefficient (Wildman–Crippen LogP) is 4.89. The molecule has 0 N–H and O–H groups in total. The minimum atomic E-state index is 0.920. The van der Waals surface area contributed by atoms with E-state index in [1.54, 1.807) is 7.11 Å². The summed E-state index contributed by atoms with van der Waals surface area (Å²) in [6.07, 6.45) is 9.16. The summed E-state index contributed by atoms with van der Waals surface area (Å²) in [4.78, 5) is 0. The quantitative estimate of drug-likeness (QED) is 0.595. The molecule has 1 aliphatic rings. The Hall–Kier alpha value is -2.96. The average molecular weight is 370 g/mol. The highest BCUT2D eigenvalue weighted by atomic mass is 16.5. The van der Waals surface area contributed by atoms with Gasteiger partial charge in [-0.1, -0.05) is 42.3 Å². The fourth-order valence-corrected chi connectivity index (χ4v) is 4.04. The highest BCUT2D eigenvalue weighted by Gasteiger charge is 2.22. The molecule has 142 valence electrons. The van der Waals surface area contributed by atoms with Crippen molar-refractivity contribution in [3.05, 3.63) is 71.8 Å². The van der Waals surface area contributed by atoms with E-state index in [1.165, 1.54) is 29.5 Å². The van der Waals surface area contributed by atoms with Gasteiger partial charge in [0, 0.05) is 30.6 Å². The summed E-state index contributed by atoms with van der Waals surface area (Å²) in [7, 11) is 1.72. The minimum absolute atomic E-state index is 0.920. The van der Waals surface area contributed by atoms with Crippen LogP contribution < -0.4 is 9.75 Å². The van der Waals surface area contributed by atoms with Gasteiger partial charge in [-0.2, -0.15) is 0 Å². The lowest BCUT2D eigenvalue weighted by atomic mass is 10.0. The minimum Gasteiger partial charge on any atom is -0.497 e. The first-order valence-corrected chi connectivity index (χ1v) is 9.94. The van der Waals surface area contributed by atoms with Crippen LogP contribution in [-0.4, -0.2) is 31.8 Å². The van der Waals surface area contributed by atoms with E-state index in [9.17, 15) is 0 Å². The number of rotatable bonds is 5. The summed E-state index contributed by atoms with van der Waals surface area (Å²) in [6, 6.07) is 21.1. The Morgan fingerprint density at radius 2 is 1.79 bits per heavy atom. The van der Waals surface area contributed by atoms with Crippen LogP contribution >= 0.6 is 0 Å². The summed E-state index contributed by atoms with van der Waals surface area (Å²) in [5.74, 6) is 3.75. The van der Waals surface area contributed by atoms with Crippen molar-refractivity contribution in [3.8, 4) is 18.1 Å². The van der Waals surface area contributed by atoms with Crippen LogP contribution in [-0.2, 0) is 6.42 Å². The molecule has 4 rings (SSSR count). The first-order valence-electron chi connectivity index (χ1n) is 9.94. The molecular weight excluding hydrogens is 344 g/mol. The van der Waals surface area contributed by atoms with Gasteiger partial charge in [-0.15, -0.1) is 6.42 Å². The molecule has 0 aliphatic carbocycles. The van der Waals surface area contributed by atoms with E-state index < -0.39 is 0 Å². The first-order chi connectivity index (χ1) is 13.8. The van der Waals surface area contributed by atoms with Gasteiger partial charge in [0.25, 0.3) is 0 Å². The van der Waals surface area contributed by atoms with Crippen LogP contribution in [0.15, 0.2) is 60.7 Å². The van der Waals surface area contributed by atoms with Gasteiger partial charge < -0.3 is 9.75 Å². The topological polar surface area (TPSA) is 15.7 Å². The monoisotopic (exact) mass is 370 g/mol. The molecule has 0 unspecified atom stereocenters. The number of terminal acetylenes is 1. The van der Waals surface area contributed by atoms with Gasteiger partial charge in [0.05, 0.1) is 12.8 Å². The number of hydrogen-bond acceptors (Lipinski definition) is 3. The Balaban J connectivity index is 1.61. The van der Waals surface area contributed by atoms with E-state index in [2.05, 4.69) is 70.5 Å². The van der Waals surface area contributed by atoms with E-state index in [0.717, 1.165) is 42.8 Å². The van der Waals surface area contributed by atoms with Crippen molar-refractivity contribution in [2.24, 2.45) is 0 Å². The van der Waals surface area contributed by atoms with Crippen molar-refractivity contribution in [3.63, 3.8) is 0 Å². The Kier molecular flexibility index (Phi) is 5.50. The molecule has 1 heterocycles. The van der Waals surface area contributed by atoms with Crippen LogP contribution in [0.3, 0.4) is 0 Å². The van der Waals surface area contributed by atoms with Crippen LogP contribution in [0, 0.1) is 12.3 Å². The van der Waals surface area contributed by atoms with E-state index in [-0.39, 0.29) is 0 Å². The Bertz CT molecular complexity index is 1000. The van der Waals surface area contributed by atoms with Crippen molar-refractivity contribution >= 4 is 16.5 Å². The van der Waals surface area contributed by atoms with Gasteiger partial charge in [-0.3, -0.25) is 0 Å². The third-order valence-corrected chi connectivity index (χ3v) is 5.50. The van der Waals surface area contributed by atoms with Crippen LogP contribution in [0.2, 0.25) is 0 Å². The number of methoxy groups -OCH3 is 1. The zero-order chi connectivity index (χ0) is 19.3. The van der Waals surface area contributed by atoms with E-state index in [4.69, 9.17) is 11.2 Å². The van der Waals surface area contributed by atoms with Gasteiger partial charge in [-0.25, -0.2) is 5.01 Å². The van der Waals surface area contributed by atoms with Crippen molar-refractivity contribution in [2.45, 2.75) is 19.3 Å². The van der Waals surface area contributed by atoms with Crippen LogP contribution in [0.5, 0.6) is 5.75 Å². The van der Waals surface area contributed by atoms with Crippen molar-refractivity contribution in [2.75, 3.05) is 31.8 Å². The van der Waals surface area contributed by atoms with Gasteiger partial charge >= 0.3 is 0 Å². The van der Waals surface area contributed by atoms with Crippen LogP contribution in [0.1, 0.15) is 24.0 Å². The SMILES string of the molecule is C#Cc1ccc(N2CCCCN2CCc2cccc(OC)c2)c2ccccc12. The number of hydrogen-bond donors (Lipinski definition) is 0. The molecule has 1 saturated heterocycles. The zero-order valence-electron chi connectivity index (χ0n) is 16.4. The van der Waals surface area contributed by atoms with Gasteiger partial charge in [-0.05, 0) is 54.5 Å². The number of fused-ring (bicyclic) bond motifs is 1. The second-order valence-electron chi connectivity index (χ2n) is 7.21.